The summed E-state index contributed by atoms with van der Waals surface area (Å²) in [4.78, 5) is 28.2. The minimum Gasteiger partial charge on any atom is -0.341 e. The van der Waals surface area contributed by atoms with Crippen LogP contribution in [0.25, 0.3) is 0 Å². The summed E-state index contributed by atoms with van der Waals surface area (Å²) in [6.07, 6.45) is 2.57. The molecule has 2 aromatic carbocycles. The third-order valence-corrected chi connectivity index (χ3v) is 6.25. The van der Waals surface area contributed by atoms with Gasteiger partial charge in [-0.05, 0) is 55.5 Å². The highest BCUT2D eigenvalue weighted by Crippen LogP contribution is 2.27. The van der Waals surface area contributed by atoms with Gasteiger partial charge in [0.1, 0.15) is 6.04 Å². The first-order valence-electron chi connectivity index (χ1n) is 10.6. The second kappa shape index (κ2) is 10.6. The number of carbonyl (C=O) groups is 2. The molecular weight excluding hydrogens is 398 g/mol. The molecule has 2 N–H and O–H groups in total. The molecule has 30 heavy (non-hydrogen) atoms. The molecule has 2 saturated heterocycles. The van der Waals surface area contributed by atoms with E-state index in [9.17, 15) is 9.59 Å². The standard InChI is InChI=1S/C24H29N3O2.ClH/c28-23(19-9-5-2-6-10-19)26-22(15-18-7-3-1-4-8-18)24(29)27-13-11-20-16-25-17-21(20)12-14-27;/h1-10,20-22,25H,11-17H2,(H,26,28);1H/t20-,21+,22?;. The predicted molar refractivity (Wildman–Crippen MR) is 121 cm³/mol. The van der Waals surface area contributed by atoms with Crippen LogP contribution >= 0.6 is 12.4 Å². The molecule has 4 rings (SSSR count). The minimum absolute atomic E-state index is 0. The maximum atomic E-state index is 13.4. The summed E-state index contributed by atoms with van der Waals surface area (Å²) in [5, 5.41) is 6.48. The Morgan fingerprint density at radius 1 is 0.933 bits per heavy atom. The summed E-state index contributed by atoms with van der Waals surface area (Å²) in [6, 6.07) is 18.5. The Kier molecular flexibility index (Phi) is 7.88. The van der Waals surface area contributed by atoms with Crippen LogP contribution in [0.2, 0.25) is 0 Å². The molecule has 2 fully saturated rings. The number of amides is 2. The first-order valence-corrected chi connectivity index (χ1v) is 10.6. The quantitative estimate of drug-likeness (QED) is 0.771. The van der Waals surface area contributed by atoms with Crippen LogP contribution in [0.15, 0.2) is 60.7 Å². The third-order valence-electron chi connectivity index (χ3n) is 6.25. The number of nitrogens with one attached hydrogen (secondary N) is 2. The van der Waals surface area contributed by atoms with Gasteiger partial charge in [0.25, 0.3) is 5.91 Å². The molecular formula is C24H30ClN3O2. The van der Waals surface area contributed by atoms with E-state index in [-0.39, 0.29) is 24.2 Å². The molecule has 0 radical (unpaired) electrons. The highest BCUT2D eigenvalue weighted by Gasteiger charge is 2.34. The smallest absolute Gasteiger partial charge is 0.251 e. The Balaban J connectivity index is 0.00000256. The second-order valence-electron chi connectivity index (χ2n) is 8.16. The van der Waals surface area contributed by atoms with E-state index in [1.54, 1.807) is 12.1 Å². The topological polar surface area (TPSA) is 61.4 Å². The minimum atomic E-state index is -0.554. The predicted octanol–water partition coefficient (Wildman–Crippen LogP) is 2.91. The van der Waals surface area contributed by atoms with Gasteiger partial charge < -0.3 is 15.5 Å². The van der Waals surface area contributed by atoms with Crippen molar-refractivity contribution in [1.82, 2.24) is 15.5 Å². The molecule has 0 aliphatic carbocycles. The zero-order valence-corrected chi connectivity index (χ0v) is 17.9. The number of hydrogen-bond donors (Lipinski definition) is 2. The van der Waals surface area contributed by atoms with Gasteiger partial charge in [0, 0.05) is 25.1 Å². The molecule has 2 amide bonds. The molecule has 160 valence electrons. The molecule has 5 nitrogen and oxygen atoms in total. The van der Waals surface area contributed by atoms with E-state index in [0.717, 1.165) is 44.6 Å². The van der Waals surface area contributed by atoms with E-state index >= 15 is 0 Å². The lowest BCUT2D eigenvalue weighted by atomic mass is 9.92. The van der Waals surface area contributed by atoms with Crippen LogP contribution in [0, 0.1) is 11.8 Å². The fourth-order valence-electron chi connectivity index (χ4n) is 4.54. The van der Waals surface area contributed by atoms with Gasteiger partial charge in [-0.15, -0.1) is 12.4 Å². The molecule has 0 bridgehead atoms. The SMILES string of the molecule is Cl.O=C(NC(Cc1ccccc1)C(=O)N1CC[C@@H]2CNC[C@@H]2CC1)c1ccccc1. The normalized spacial score (nSPS) is 21.7. The molecule has 2 heterocycles. The molecule has 2 aromatic rings. The van der Waals surface area contributed by atoms with Crippen molar-refractivity contribution < 1.29 is 9.59 Å². The lowest BCUT2D eigenvalue weighted by Crippen LogP contribution is -2.50. The van der Waals surface area contributed by atoms with E-state index in [4.69, 9.17) is 0 Å². The average molecular weight is 428 g/mol. The number of fused-ring (bicyclic) bond motifs is 1. The van der Waals surface area contributed by atoms with Crippen molar-refractivity contribution >= 4 is 24.2 Å². The summed E-state index contributed by atoms with van der Waals surface area (Å²) >= 11 is 0. The van der Waals surface area contributed by atoms with Gasteiger partial charge >= 0.3 is 0 Å². The Morgan fingerprint density at radius 3 is 2.10 bits per heavy atom. The number of likely N-dealkylation sites (tertiary alicyclic amines) is 1. The Hall–Kier alpha value is -2.37. The lowest BCUT2D eigenvalue weighted by molar-refractivity contribution is -0.133. The van der Waals surface area contributed by atoms with Gasteiger partial charge in [0.15, 0.2) is 0 Å². The van der Waals surface area contributed by atoms with E-state index < -0.39 is 6.04 Å². The monoisotopic (exact) mass is 427 g/mol. The van der Waals surface area contributed by atoms with E-state index in [1.807, 2.05) is 53.4 Å². The number of benzene rings is 2. The molecule has 2 aliphatic rings. The third kappa shape index (κ3) is 5.41. The van der Waals surface area contributed by atoms with Crippen LogP contribution in [0.3, 0.4) is 0 Å². The number of halogens is 1. The highest BCUT2D eigenvalue weighted by atomic mass is 35.5. The molecule has 0 aromatic heterocycles. The lowest BCUT2D eigenvalue weighted by Gasteiger charge is -2.27. The van der Waals surface area contributed by atoms with Gasteiger partial charge in [-0.1, -0.05) is 48.5 Å². The Morgan fingerprint density at radius 2 is 1.50 bits per heavy atom. The van der Waals surface area contributed by atoms with Crippen LogP contribution in [0.5, 0.6) is 0 Å². The summed E-state index contributed by atoms with van der Waals surface area (Å²) in [5.74, 6) is 1.17. The van der Waals surface area contributed by atoms with Crippen LogP contribution in [-0.4, -0.2) is 48.9 Å². The zero-order valence-electron chi connectivity index (χ0n) is 17.1. The van der Waals surface area contributed by atoms with Gasteiger partial charge in [-0.25, -0.2) is 0 Å². The van der Waals surface area contributed by atoms with Crippen molar-refractivity contribution in [3.05, 3.63) is 71.8 Å². The maximum absolute atomic E-state index is 13.4. The average Bonchev–Trinajstić information content (AvgIpc) is 3.12. The van der Waals surface area contributed by atoms with Crippen molar-refractivity contribution in [2.45, 2.75) is 25.3 Å². The molecule has 0 spiro atoms. The Bertz CT molecular complexity index is 817. The molecule has 0 saturated carbocycles. The van der Waals surface area contributed by atoms with Crippen molar-refractivity contribution in [2.75, 3.05) is 26.2 Å². The number of carbonyl (C=O) groups excluding carboxylic acids is 2. The van der Waals surface area contributed by atoms with Crippen LogP contribution in [-0.2, 0) is 11.2 Å². The zero-order chi connectivity index (χ0) is 20.1. The molecule has 3 atom stereocenters. The van der Waals surface area contributed by atoms with Crippen molar-refractivity contribution in [1.29, 1.82) is 0 Å². The van der Waals surface area contributed by atoms with Gasteiger partial charge in [0.2, 0.25) is 5.91 Å². The van der Waals surface area contributed by atoms with Gasteiger partial charge in [0.05, 0.1) is 0 Å². The molecule has 1 unspecified atom stereocenters. The van der Waals surface area contributed by atoms with E-state index in [0.29, 0.717) is 23.8 Å². The van der Waals surface area contributed by atoms with Gasteiger partial charge in [-0.3, -0.25) is 9.59 Å². The Labute approximate surface area is 184 Å². The molecule has 2 aliphatic heterocycles. The highest BCUT2D eigenvalue weighted by molar-refractivity contribution is 5.97. The first-order chi connectivity index (χ1) is 14.2. The van der Waals surface area contributed by atoms with Crippen molar-refractivity contribution in [2.24, 2.45) is 11.8 Å². The van der Waals surface area contributed by atoms with E-state index in [1.165, 1.54) is 0 Å². The molecule has 6 heteroatoms. The van der Waals surface area contributed by atoms with Crippen LogP contribution in [0.1, 0.15) is 28.8 Å². The first kappa shape index (κ1) is 22.3. The van der Waals surface area contributed by atoms with Crippen LogP contribution in [0.4, 0.5) is 0 Å². The number of hydrogen-bond acceptors (Lipinski definition) is 3. The van der Waals surface area contributed by atoms with Crippen LogP contribution < -0.4 is 10.6 Å². The fourth-order valence-corrected chi connectivity index (χ4v) is 4.54. The summed E-state index contributed by atoms with van der Waals surface area (Å²) in [5.41, 5.74) is 1.63. The summed E-state index contributed by atoms with van der Waals surface area (Å²) in [6.45, 7) is 3.66. The largest absolute Gasteiger partial charge is 0.341 e. The summed E-state index contributed by atoms with van der Waals surface area (Å²) in [7, 11) is 0. The van der Waals surface area contributed by atoms with Crippen molar-refractivity contribution in [3.63, 3.8) is 0 Å². The van der Waals surface area contributed by atoms with Crippen molar-refractivity contribution in [3.8, 4) is 0 Å². The maximum Gasteiger partial charge on any atom is 0.251 e. The van der Waals surface area contributed by atoms with E-state index in [2.05, 4.69) is 10.6 Å². The summed E-state index contributed by atoms with van der Waals surface area (Å²) < 4.78 is 0. The van der Waals surface area contributed by atoms with Gasteiger partial charge in [-0.2, -0.15) is 0 Å². The second-order valence-corrected chi connectivity index (χ2v) is 8.16. The number of nitrogens with zero attached hydrogens (tertiary/aromatic N) is 1. The number of rotatable bonds is 5. The fraction of sp³-hybridized carbons (Fsp3) is 0.417.